The van der Waals surface area contributed by atoms with Gasteiger partial charge >= 0.3 is 0 Å². The predicted molar refractivity (Wildman–Crippen MR) is 103 cm³/mol. The molecule has 2 fully saturated rings. The summed E-state index contributed by atoms with van der Waals surface area (Å²) in [5, 5.41) is 6.70. The summed E-state index contributed by atoms with van der Waals surface area (Å²) in [6.45, 7) is 6.07. The van der Waals surface area contributed by atoms with Gasteiger partial charge in [0.1, 0.15) is 0 Å². The molecule has 2 aliphatic rings. The van der Waals surface area contributed by atoms with E-state index in [1.165, 1.54) is 5.56 Å². The average molecular weight is 374 g/mol. The van der Waals surface area contributed by atoms with Crippen LogP contribution in [0.25, 0.3) is 0 Å². The minimum Gasteiger partial charge on any atom is -0.350 e. The highest BCUT2D eigenvalue weighted by Crippen LogP contribution is 2.24. The molecule has 2 saturated heterocycles. The molecule has 4 nitrogen and oxygen atoms in total. The molecule has 1 aromatic carbocycles. The molecule has 0 aromatic heterocycles. The van der Waals surface area contributed by atoms with Gasteiger partial charge in [-0.05, 0) is 37.8 Å². The molecule has 1 aromatic rings. The van der Waals surface area contributed by atoms with Crippen LogP contribution in [-0.2, 0) is 11.3 Å². The van der Waals surface area contributed by atoms with E-state index in [0.29, 0.717) is 6.04 Å². The molecule has 2 aliphatic heterocycles. The molecule has 136 valence electrons. The van der Waals surface area contributed by atoms with Gasteiger partial charge in [-0.2, -0.15) is 0 Å². The van der Waals surface area contributed by atoms with Gasteiger partial charge < -0.3 is 10.6 Å². The minimum absolute atomic E-state index is 0. The minimum atomic E-state index is -0.313. The number of nitrogens with one attached hydrogen (secondary N) is 2. The molecule has 24 heavy (non-hydrogen) atoms. The third-order valence-corrected chi connectivity index (χ3v) is 5.14. The van der Waals surface area contributed by atoms with E-state index in [-0.39, 0.29) is 36.3 Å². The average Bonchev–Trinajstić information content (AvgIpc) is 3.18. The summed E-state index contributed by atoms with van der Waals surface area (Å²) in [6, 6.07) is 10.8. The van der Waals surface area contributed by atoms with Crippen LogP contribution in [-0.4, -0.2) is 42.0 Å². The molecule has 6 heteroatoms. The number of carbonyl (C=O) groups excluding carboxylic acids is 1. The molecule has 2 unspecified atom stereocenters. The van der Waals surface area contributed by atoms with Gasteiger partial charge in [0.05, 0.1) is 5.54 Å². The standard InChI is InChI=1S/C18H27N3O.2ClH/c1-2-18(10-6-11-19-18)17(22)20-16-9-12-21(14-16)13-15-7-4-3-5-8-15;;/h3-5,7-8,16,19H,2,6,9-14H2,1H3,(H,20,22);2*1H. The summed E-state index contributed by atoms with van der Waals surface area (Å²) >= 11 is 0. The number of likely N-dealkylation sites (tertiary alicyclic amines) is 1. The van der Waals surface area contributed by atoms with E-state index >= 15 is 0 Å². The Labute approximate surface area is 157 Å². The highest BCUT2D eigenvalue weighted by atomic mass is 35.5. The Kier molecular flexibility index (Phi) is 8.51. The molecule has 0 aliphatic carbocycles. The quantitative estimate of drug-likeness (QED) is 0.833. The normalized spacial score (nSPS) is 26.5. The van der Waals surface area contributed by atoms with Crippen molar-refractivity contribution in [1.82, 2.24) is 15.5 Å². The SMILES string of the molecule is CCC1(C(=O)NC2CCN(Cc3ccccc3)C2)CCCN1.Cl.Cl. The fourth-order valence-electron chi connectivity index (χ4n) is 3.72. The van der Waals surface area contributed by atoms with Gasteiger partial charge in [-0.15, -0.1) is 24.8 Å². The van der Waals surface area contributed by atoms with Crippen LogP contribution in [0, 0.1) is 0 Å². The Morgan fingerprint density at radius 1 is 1.33 bits per heavy atom. The fraction of sp³-hybridized carbons (Fsp3) is 0.611. The van der Waals surface area contributed by atoms with Crippen LogP contribution >= 0.6 is 24.8 Å². The van der Waals surface area contributed by atoms with Crippen LogP contribution in [0.5, 0.6) is 0 Å². The van der Waals surface area contributed by atoms with Crippen LogP contribution in [0.15, 0.2) is 30.3 Å². The van der Waals surface area contributed by atoms with Crippen molar-refractivity contribution in [2.75, 3.05) is 19.6 Å². The zero-order valence-corrected chi connectivity index (χ0v) is 15.9. The van der Waals surface area contributed by atoms with E-state index in [1.807, 2.05) is 0 Å². The molecule has 0 bridgehead atoms. The lowest BCUT2D eigenvalue weighted by Crippen LogP contribution is -2.55. The van der Waals surface area contributed by atoms with Crippen molar-refractivity contribution in [2.24, 2.45) is 0 Å². The van der Waals surface area contributed by atoms with Gasteiger partial charge in [0.25, 0.3) is 0 Å². The van der Waals surface area contributed by atoms with Crippen LogP contribution in [0.4, 0.5) is 0 Å². The lowest BCUT2D eigenvalue weighted by atomic mass is 9.93. The van der Waals surface area contributed by atoms with E-state index in [9.17, 15) is 4.79 Å². The first-order chi connectivity index (χ1) is 10.7. The van der Waals surface area contributed by atoms with Crippen LogP contribution in [0.2, 0.25) is 0 Å². The van der Waals surface area contributed by atoms with Crippen molar-refractivity contribution in [3.05, 3.63) is 35.9 Å². The summed E-state index contributed by atoms with van der Waals surface area (Å²) in [4.78, 5) is 15.1. The molecule has 2 atom stereocenters. The van der Waals surface area contributed by atoms with Gasteiger partial charge in [0.2, 0.25) is 5.91 Å². The molecule has 1 amide bonds. The van der Waals surface area contributed by atoms with Crippen molar-refractivity contribution in [2.45, 2.75) is 50.7 Å². The fourth-order valence-corrected chi connectivity index (χ4v) is 3.72. The maximum Gasteiger partial charge on any atom is 0.240 e. The molecule has 2 N–H and O–H groups in total. The first-order valence-corrected chi connectivity index (χ1v) is 8.54. The van der Waals surface area contributed by atoms with Crippen molar-refractivity contribution in [1.29, 1.82) is 0 Å². The Balaban J connectivity index is 0.00000144. The van der Waals surface area contributed by atoms with Crippen molar-refractivity contribution >= 4 is 30.7 Å². The Morgan fingerprint density at radius 3 is 2.71 bits per heavy atom. The van der Waals surface area contributed by atoms with Crippen molar-refractivity contribution in [3.8, 4) is 0 Å². The number of halogens is 2. The van der Waals surface area contributed by atoms with Crippen LogP contribution in [0.3, 0.4) is 0 Å². The van der Waals surface area contributed by atoms with E-state index in [2.05, 4.69) is 52.8 Å². The maximum atomic E-state index is 12.6. The van der Waals surface area contributed by atoms with Gasteiger partial charge in [0.15, 0.2) is 0 Å². The third-order valence-electron chi connectivity index (χ3n) is 5.14. The van der Waals surface area contributed by atoms with E-state index < -0.39 is 0 Å². The zero-order chi connectivity index (χ0) is 15.4. The number of hydrogen-bond donors (Lipinski definition) is 2. The number of amides is 1. The molecule has 3 rings (SSSR count). The van der Waals surface area contributed by atoms with E-state index in [0.717, 1.165) is 51.9 Å². The molecule has 0 saturated carbocycles. The van der Waals surface area contributed by atoms with Crippen molar-refractivity contribution < 1.29 is 4.79 Å². The Bertz CT molecular complexity index is 506. The van der Waals surface area contributed by atoms with E-state index in [1.54, 1.807) is 0 Å². The largest absolute Gasteiger partial charge is 0.350 e. The predicted octanol–water partition coefficient (Wildman–Crippen LogP) is 2.75. The number of benzene rings is 1. The highest BCUT2D eigenvalue weighted by Gasteiger charge is 2.40. The maximum absolute atomic E-state index is 12.6. The summed E-state index contributed by atoms with van der Waals surface area (Å²) < 4.78 is 0. The number of rotatable bonds is 5. The second-order valence-corrected chi connectivity index (χ2v) is 6.65. The molecule has 0 spiro atoms. The summed E-state index contributed by atoms with van der Waals surface area (Å²) in [6.07, 6.45) is 4.00. The Hall–Kier alpha value is -0.810. The van der Waals surface area contributed by atoms with Gasteiger partial charge in [-0.1, -0.05) is 37.3 Å². The third kappa shape index (κ3) is 4.85. The first-order valence-electron chi connectivity index (χ1n) is 8.54. The monoisotopic (exact) mass is 373 g/mol. The van der Waals surface area contributed by atoms with Crippen molar-refractivity contribution in [3.63, 3.8) is 0 Å². The smallest absolute Gasteiger partial charge is 0.240 e. The van der Waals surface area contributed by atoms with Crippen LogP contribution < -0.4 is 10.6 Å². The summed E-state index contributed by atoms with van der Waals surface area (Å²) in [5.41, 5.74) is 1.03. The lowest BCUT2D eigenvalue weighted by molar-refractivity contribution is -0.127. The van der Waals surface area contributed by atoms with Gasteiger partial charge in [-0.25, -0.2) is 0 Å². The second kappa shape index (κ2) is 9.62. The topological polar surface area (TPSA) is 44.4 Å². The number of hydrogen-bond acceptors (Lipinski definition) is 3. The molecule has 2 heterocycles. The summed E-state index contributed by atoms with van der Waals surface area (Å²) in [7, 11) is 0. The lowest BCUT2D eigenvalue weighted by Gasteiger charge is -2.28. The van der Waals surface area contributed by atoms with Gasteiger partial charge in [-0.3, -0.25) is 9.69 Å². The molecular formula is C18H29Cl2N3O. The molecule has 0 radical (unpaired) electrons. The second-order valence-electron chi connectivity index (χ2n) is 6.65. The summed E-state index contributed by atoms with van der Waals surface area (Å²) in [5.74, 6) is 0.207. The highest BCUT2D eigenvalue weighted by molar-refractivity contribution is 5.87. The van der Waals surface area contributed by atoms with Gasteiger partial charge in [0, 0.05) is 25.7 Å². The first kappa shape index (κ1) is 21.2. The molecular weight excluding hydrogens is 345 g/mol. The van der Waals surface area contributed by atoms with E-state index in [4.69, 9.17) is 0 Å². The zero-order valence-electron chi connectivity index (χ0n) is 14.3. The number of carbonyl (C=O) groups is 1. The van der Waals surface area contributed by atoms with Crippen LogP contribution in [0.1, 0.15) is 38.2 Å². The Morgan fingerprint density at radius 2 is 2.08 bits per heavy atom. The number of nitrogens with zero attached hydrogens (tertiary/aromatic N) is 1.